The number of hydrogen-bond acceptors (Lipinski definition) is 4. The molecule has 116 valence electrons. The number of piperidine rings is 1. The number of nitrogens with one attached hydrogen (secondary N) is 1. The number of halogens is 1. The standard InChI is InChI=1S/C15H17FN4OS/c16-13-5-3-11(4-6-13)8-12-2-1-7-20(9-12)15(21)18-14-19-17-10-22-14/h3-6,10,12H,1-2,7-9H2,(H,18,19,21)/t12-/m1/s1. The Hall–Kier alpha value is -2.02. The number of benzene rings is 1. The van der Waals surface area contributed by atoms with Gasteiger partial charge in [0.15, 0.2) is 0 Å². The van der Waals surface area contributed by atoms with Gasteiger partial charge >= 0.3 is 6.03 Å². The van der Waals surface area contributed by atoms with Gasteiger partial charge in [-0.1, -0.05) is 23.5 Å². The molecule has 0 unspecified atom stereocenters. The Morgan fingerprint density at radius 3 is 2.95 bits per heavy atom. The Bertz CT molecular complexity index is 617. The van der Waals surface area contributed by atoms with Gasteiger partial charge in [-0.2, -0.15) is 0 Å². The number of likely N-dealkylation sites (tertiary alicyclic amines) is 1. The third-order valence-electron chi connectivity index (χ3n) is 3.82. The lowest BCUT2D eigenvalue weighted by molar-refractivity contribution is 0.177. The molecule has 1 N–H and O–H groups in total. The van der Waals surface area contributed by atoms with E-state index in [1.165, 1.54) is 23.5 Å². The number of nitrogens with zero attached hydrogens (tertiary/aromatic N) is 3. The van der Waals surface area contributed by atoms with Crippen molar-refractivity contribution < 1.29 is 9.18 Å². The normalized spacial score (nSPS) is 18.2. The van der Waals surface area contributed by atoms with Gasteiger partial charge in [0.2, 0.25) is 5.13 Å². The average Bonchev–Trinajstić information content (AvgIpc) is 3.03. The highest BCUT2D eigenvalue weighted by Crippen LogP contribution is 2.22. The summed E-state index contributed by atoms with van der Waals surface area (Å²) in [4.78, 5) is 14.0. The molecule has 0 saturated carbocycles. The molecule has 22 heavy (non-hydrogen) atoms. The van der Waals surface area contributed by atoms with E-state index < -0.39 is 0 Å². The van der Waals surface area contributed by atoms with Crippen molar-refractivity contribution in [3.8, 4) is 0 Å². The molecule has 1 aromatic carbocycles. The maximum absolute atomic E-state index is 12.9. The SMILES string of the molecule is O=C(Nc1nncs1)N1CCC[C@H](Cc2ccc(F)cc2)C1. The third kappa shape index (κ3) is 3.79. The van der Waals surface area contributed by atoms with Gasteiger partial charge in [0.25, 0.3) is 0 Å². The highest BCUT2D eigenvalue weighted by Gasteiger charge is 2.24. The summed E-state index contributed by atoms with van der Waals surface area (Å²) in [5.41, 5.74) is 2.70. The van der Waals surface area contributed by atoms with Crippen molar-refractivity contribution in [2.45, 2.75) is 19.3 Å². The first kappa shape index (κ1) is 14.9. The van der Waals surface area contributed by atoms with Gasteiger partial charge in [0, 0.05) is 13.1 Å². The van der Waals surface area contributed by atoms with Crippen LogP contribution in [-0.4, -0.2) is 34.2 Å². The van der Waals surface area contributed by atoms with Gasteiger partial charge in [-0.25, -0.2) is 9.18 Å². The third-order valence-corrected chi connectivity index (χ3v) is 4.42. The van der Waals surface area contributed by atoms with E-state index in [1.807, 2.05) is 17.0 Å². The van der Waals surface area contributed by atoms with Gasteiger partial charge in [0.05, 0.1) is 0 Å². The Labute approximate surface area is 132 Å². The fraction of sp³-hybridized carbons (Fsp3) is 0.400. The second kappa shape index (κ2) is 6.83. The molecule has 0 spiro atoms. The Kier molecular flexibility index (Phi) is 4.62. The van der Waals surface area contributed by atoms with Crippen LogP contribution in [0.4, 0.5) is 14.3 Å². The number of aromatic nitrogens is 2. The first-order valence-electron chi connectivity index (χ1n) is 7.27. The molecule has 0 bridgehead atoms. The molecule has 2 aromatic rings. The molecule has 1 fully saturated rings. The summed E-state index contributed by atoms with van der Waals surface area (Å²) < 4.78 is 12.9. The maximum atomic E-state index is 12.9. The van der Waals surface area contributed by atoms with Crippen molar-refractivity contribution in [1.82, 2.24) is 15.1 Å². The molecule has 1 atom stereocenters. The summed E-state index contributed by atoms with van der Waals surface area (Å²) in [5.74, 6) is 0.185. The quantitative estimate of drug-likeness (QED) is 0.945. The monoisotopic (exact) mass is 320 g/mol. The largest absolute Gasteiger partial charge is 0.324 e. The highest BCUT2D eigenvalue weighted by atomic mass is 32.1. The summed E-state index contributed by atoms with van der Waals surface area (Å²) in [6.45, 7) is 1.46. The van der Waals surface area contributed by atoms with Crippen LogP contribution < -0.4 is 5.32 Å². The smallest absolute Gasteiger partial charge is 0.323 e. The minimum absolute atomic E-state index is 0.124. The Morgan fingerprint density at radius 2 is 2.23 bits per heavy atom. The van der Waals surface area contributed by atoms with E-state index in [0.29, 0.717) is 17.6 Å². The predicted octanol–water partition coefficient (Wildman–Crippen LogP) is 3.16. The Balaban J connectivity index is 1.56. The molecule has 0 aliphatic carbocycles. The molecule has 5 nitrogen and oxygen atoms in total. The zero-order chi connectivity index (χ0) is 15.4. The van der Waals surface area contributed by atoms with Crippen LogP contribution in [-0.2, 0) is 6.42 Å². The number of carbonyl (C=O) groups excluding carboxylic acids is 1. The summed E-state index contributed by atoms with van der Waals surface area (Å²) in [6.07, 6.45) is 2.93. The van der Waals surface area contributed by atoms with Gasteiger partial charge in [-0.15, -0.1) is 10.2 Å². The average molecular weight is 320 g/mol. The van der Waals surface area contributed by atoms with E-state index in [0.717, 1.165) is 31.4 Å². The van der Waals surface area contributed by atoms with Gasteiger partial charge in [-0.05, 0) is 42.9 Å². The molecule has 1 aromatic heterocycles. The second-order valence-electron chi connectivity index (χ2n) is 5.46. The van der Waals surface area contributed by atoms with Crippen molar-refractivity contribution >= 4 is 22.5 Å². The zero-order valence-corrected chi connectivity index (χ0v) is 12.9. The number of amides is 2. The van der Waals surface area contributed by atoms with Crippen LogP contribution in [0.2, 0.25) is 0 Å². The van der Waals surface area contributed by atoms with Crippen molar-refractivity contribution in [3.63, 3.8) is 0 Å². The van der Waals surface area contributed by atoms with Crippen molar-refractivity contribution in [2.24, 2.45) is 5.92 Å². The van der Waals surface area contributed by atoms with Crippen LogP contribution in [0.3, 0.4) is 0 Å². The van der Waals surface area contributed by atoms with E-state index in [-0.39, 0.29) is 11.8 Å². The van der Waals surface area contributed by atoms with Gasteiger partial charge in [-0.3, -0.25) is 5.32 Å². The fourth-order valence-electron chi connectivity index (χ4n) is 2.77. The number of carbonyl (C=O) groups is 1. The van der Waals surface area contributed by atoms with Crippen LogP contribution in [0, 0.1) is 11.7 Å². The molecule has 1 aliphatic heterocycles. The predicted molar refractivity (Wildman–Crippen MR) is 83.3 cm³/mol. The van der Waals surface area contributed by atoms with Crippen molar-refractivity contribution in [2.75, 3.05) is 18.4 Å². The molecule has 2 heterocycles. The molecule has 3 rings (SSSR count). The van der Waals surface area contributed by atoms with Crippen molar-refractivity contribution in [3.05, 3.63) is 41.2 Å². The molecule has 7 heteroatoms. The topological polar surface area (TPSA) is 58.1 Å². The molecule has 1 aliphatic rings. The number of hydrogen-bond donors (Lipinski definition) is 1. The molecular formula is C15H17FN4OS. The molecular weight excluding hydrogens is 303 g/mol. The van der Waals surface area contributed by atoms with E-state index >= 15 is 0 Å². The lowest BCUT2D eigenvalue weighted by Gasteiger charge is -2.32. The fourth-order valence-corrected chi connectivity index (χ4v) is 3.20. The lowest BCUT2D eigenvalue weighted by atomic mass is 9.91. The summed E-state index contributed by atoms with van der Waals surface area (Å²) >= 11 is 1.30. The lowest BCUT2D eigenvalue weighted by Crippen LogP contribution is -2.42. The molecule has 2 amide bonds. The van der Waals surface area contributed by atoms with E-state index in [4.69, 9.17) is 0 Å². The van der Waals surface area contributed by atoms with Crippen LogP contribution in [0.1, 0.15) is 18.4 Å². The van der Waals surface area contributed by atoms with Crippen LogP contribution in [0.5, 0.6) is 0 Å². The summed E-state index contributed by atoms with van der Waals surface area (Å²) in [7, 11) is 0. The highest BCUT2D eigenvalue weighted by molar-refractivity contribution is 7.13. The first-order valence-corrected chi connectivity index (χ1v) is 8.15. The summed E-state index contributed by atoms with van der Waals surface area (Å²) in [5, 5.41) is 10.8. The number of anilines is 1. The van der Waals surface area contributed by atoms with Crippen molar-refractivity contribution in [1.29, 1.82) is 0 Å². The van der Waals surface area contributed by atoms with Gasteiger partial charge < -0.3 is 4.90 Å². The first-order chi connectivity index (χ1) is 10.7. The minimum atomic E-state index is -0.217. The van der Waals surface area contributed by atoms with Crippen LogP contribution in [0.25, 0.3) is 0 Å². The second-order valence-corrected chi connectivity index (χ2v) is 6.29. The zero-order valence-electron chi connectivity index (χ0n) is 12.0. The number of rotatable bonds is 3. The number of urea groups is 1. The molecule has 1 saturated heterocycles. The van der Waals surface area contributed by atoms with Crippen LogP contribution >= 0.6 is 11.3 Å². The van der Waals surface area contributed by atoms with E-state index in [1.54, 1.807) is 5.51 Å². The maximum Gasteiger partial charge on any atom is 0.323 e. The summed E-state index contributed by atoms with van der Waals surface area (Å²) in [6, 6.07) is 6.47. The Morgan fingerprint density at radius 1 is 1.41 bits per heavy atom. The minimum Gasteiger partial charge on any atom is -0.324 e. The van der Waals surface area contributed by atoms with Gasteiger partial charge in [0.1, 0.15) is 11.3 Å². The molecule has 0 radical (unpaired) electrons. The van der Waals surface area contributed by atoms with E-state index in [2.05, 4.69) is 15.5 Å². The van der Waals surface area contributed by atoms with Crippen LogP contribution in [0.15, 0.2) is 29.8 Å². The van der Waals surface area contributed by atoms with E-state index in [9.17, 15) is 9.18 Å².